The van der Waals surface area contributed by atoms with Crippen LogP contribution in [0.1, 0.15) is 30.4 Å². The zero-order chi connectivity index (χ0) is 18.9. The van der Waals surface area contributed by atoms with Crippen molar-refractivity contribution in [3.63, 3.8) is 0 Å². The van der Waals surface area contributed by atoms with Crippen molar-refractivity contribution in [1.29, 1.82) is 0 Å². The summed E-state index contributed by atoms with van der Waals surface area (Å²) in [6.45, 7) is 0.872. The van der Waals surface area contributed by atoms with Crippen molar-refractivity contribution >= 4 is 5.95 Å². The molecule has 28 heavy (non-hydrogen) atoms. The summed E-state index contributed by atoms with van der Waals surface area (Å²) >= 11 is 0. The molecule has 2 atom stereocenters. The van der Waals surface area contributed by atoms with Gasteiger partial charge < -0.3 is 10.1 Å². The van der Waals surface area contributed by atoms with Gasteiger partial charge in [0.2, 0.25) is 5.95 Å². The monoisotopic (exact) mass is 376 g/mol. The number of ether oxygens (including phenoxy) is 1. The molecule has 1 N–H and O–H groups in total. The Balaban J connectivity index is 1.39. The average molecular weight is 376 g/mol. The molecule has 0 amide bonds. The zero-order valence-electron chi connectivity index (χ0n) is 15.2. The lowest BCUT2D eigenvalue weighted by atomic mass is 10.1. The van der Waals surface area contributed by atoms with Crippen LogP contribution in [0.4, 0.5) is 5.95 Å². The van der Waals surface area contributed by atoms with Crippen molar-refractivity contribution in [1.82, 2.24) is 24.7 Å². The lowest BCUT2D eigenvalue weighted by molar-refractivity contribution is 0.183. The first kappa shape index (κ1) is 17.0. The molecule has 1 saturated carbocycles. The number of pyridine rings is 1. The Hall–Kier alpha value is -3.13. The number of aromatic nitrogens is 5. The largest absolute Gasteiger partial charge is 0.377 e. The highest BCUT2D eigenvalue weighted by molar-refractivity contribution is 5.57. The van der Waals surface area contributed by atoms with Crippen LogP contribution in [0.25, 0.3) is 11.3 Å². The minimum Gasteiger partial charge on any atom is -0.377 e. The first-order valence-electron chi connectivity index (χ1n) is 9.44. The molecule has 5 rings (SSSR count). The van der Waals surface area contributed by atoms with E-state index in [0.717, 1.165) is 11.3 Å². The standard InChI is InChI=1S/C20H20N6O2/c27-19-4-3-16(14-5-7-21-8-6-14)25-26(19)18-12-28-11-17(18)24-20-22-9-15(10-23-20)13-1-2-13/h3-10,13,17-18H,1-2,11-12H2,(H,22,23,24). The van der Waals surface area contributed by atoms with Crippen molar-refractivity contribution < 1.29 is 4.74 Å². The summed E-state index contributed by atoms with van der Waals surface area (Å²) in [5.41, 5.74) is 2.65. The number of nitrogens with one attached hydrogen (secondary N) is 1. The van der Waals surface area contributed by atoms with E-state index in [9.17, 15) is 4.79 Å². The van der Waals surface area contributed by atoms with Gasteiger partial charge in [0.1, 0.15) is 6.04 Å². The average Bonchev–Trinajstić information content (AvgIpc) is 3.49. The Morgan fingerprint density at radius 3 is 2.57 bits per heavy atom. The Labute approximate surface area is 161 Å². The number of rotatable bonds is 5. The number of anilines is 1. The SMILES string of the molecule is O=c1ccc(-c2ccncc2)nn1C1COCC1Nc1ncc(C2CC2)cn1. The molecule has 2 aliphatic rings. The van der Waals surface area contributed by atoms with E-state index >= 15 is 0 Å². The second kappa shape index (κ2) is 7.12. The fourth-order valence-electron chi connectivity index (χ4n) is 3.47. The van der Waals surface area contributed by atoms with Gasteiger partial charge in [-0.2, -0.15) is 5.10 Å². The third-order valence-corrected chi connectivity index (χ3v) is 5.20. The maximum absolute atomic E-state index is 12.5. The Kier molecular flexibility index (Phi) is 4.32. The van der Waals surface area contributed by atoms with Crippen molar-refractivity contribution in [3.05, 3.63) is 65.0 Å². The molecule has 3 aromatic rings. The van der Waals surface area contributed by atoms with E-state index in [1.807, 2.05) is 24.5 Å². The van der Waals surface area contributed by atoms with Crippen LogP contribution in [0.15, 0.2) is 53.8 Å². The normalized spacial score (nSPS) is 21.6. The molecule has 142 valence electrons. The van der Waals surface area contributed by atoms with E-state index in [1.54, 1.807) is 24.5 Å². The molecule has 0 radical (unpaired) electrons. The van der Waals surface area contributed by atoms with E-state index < -0.39 is 0 Å². The fourth-order valence-corrected chi connectivity index (χ4v) is 3.47. The summed E-state index contributed by atoms with van der Waals surface area (Å²) in [7, 11) is 0. The first-order chi connectivity index (χ1) is 13.8. The van der Waals surface area contributed by atoms with Crippen molar-refractivity contribution in [2.75, 3.05) is 18.5 Å². The van der Waals surface area contributed by atoms with E-state index in [0.29, 0.717) is 25.1 Å². The van der Waals surface area contributed by atoms with Crippen LogP contribution in [-0.2, 0) is 4.74 Å². The molecule has 0 aromatic carbocycles. The lowest BCUT2D eigenvalue weighted by Gasteiger charge is -2.20. The van der Waals surface area contributed by atoms with Crippen LogP contribution >= 0.6 is 0 Å². The Morgan fingerprint density at radius 2 is 1.82 bits per heavy atom. The van der Waals surface area contributed by atoms with E-state index in [4.69, 9.17) is 4.74 Å². The van der Waals surface area contributed by atoms with Gasteiger partial charge in [0.05, 0.1) is 24.9 Å². The summed E-state index contributed by atoms with van der Waals surface area (Å²) in [6, 6.07) is 6.64. The van der Waals surface area contributed by atoms with Gasteiger partial charge in [-0.15, -0.1) is 0 Å². The lowest BCUT2D eigenvalue weighted by Crippen LogP contribution is -2.37. The molecular weight excluding hydrogens is 356 g/mol. The second-order valence-corrected chi connectivity index (χ2v) is 7.21. The van der Waals surface area contributed by atoms with Crippen LogP contribution < -0.4 is 10.9 Å². The predicted octanol–water partition coefficient (Wildman–Crippen LogP) is 2.02. The molecule has 4 heterocycles. The van der Waals surface area contributed by atoms with Crippen LogP contribution in [-0.4, -0.2) is 44.0 Å². The van der Waals surface area contributed by atoms with Gasteiger partial charge in [-0.1, -0.05) is 0 Å². The minimum atomic E-state index is -0.235. The highest BCUT2D eigenvalue weighted by Crippen LogP contribution is 2.39. The number of hydrogen-bond acceptors (Lipinski definition) is 7. The highest BCUT2D eigenvalue weighted by atomic mass is 16.5. The maximum atomic E-state index is 12.5. The van der Waals surface area contributed by atoms with Crippen LogP contribution in [0.2, 0.25) is 0 Å². The van der Waals surface area contributed by atoms with Gasteiger partial charge in [0, 0.05) is 36.4 Å². The van der Waals surface area contributed by atoms with Crippen molar-refractivity contribution in [2.24, 2.45) is 0 Å². The quantitative estimate of drug-likeness (QED) is 0.728. The van der Waals surface area contributed by atoms with Gasteiger partial charge >= 0.3 is 0 Å². The molecule has 3 aromatic heterocycles. The molecule has 8 nitrogen and oxygen atoms in total. The summed E-state index contributed by atoms with van der Waals surface area (Å²) in [5.74, 6) is 1.17. The van der Waals surface area contributed by atoms with Crippen molar-refractivity contribution in [3.8, 4) is 11.3 Å². The van der Waals surface area contributed by atoms with Crippen LogP contribution in [0.5, 0.6) is 0 Å². The Bertz CT molecular complexity index is 1020. The smallest absolute Gasteiger partial charge is 0.267 e. The van der Waals surface area contributed by atoms with Crippen LogP contribution in [0, 0.1) is 0 Å². The molecule has 2 unspecified atom stereocenters. The summed E-state index contributed by atoms with van der Waals surface area (Å²) in [6.07, 6.45) is 9.61. The number of hydrogen-bond donors (Lipinski definition) is 1. The Morgan fingerprint density at radius 1 is 1.04 bits per heavy atom. The van der Waals surface area contributed by atoms with Gasteiger partial charge in [-0.3, -0.25) is 9.78 Å². The van der Waals surface area contributed by atoms with E-state index in [1.165, 1.54) is 23.1 Å². The molecule has 0 bridgehead atoms. The molecule has 1 aliphatic heterocycles. The first-order valence-corrected chi connectivity index (χ1v) is 9.44. The minimum absolute atomic E-state index is 0.135. The molecule has 2 fully saturated rings. The van der Waals surface area contributed by atoms with Gasteiger partial charge in [0.25, 0.3) is 5.56 Å². The van der Waals surface area contributed by atoms with Gasteiger partial charge in [-0.25, -0.2) is 14.6 Å². The molecule has 8 heteroatoms. The molecular formula is C20H20N6O2. The van der Waals surface area contributed by atoms with Gasteiger partial charge in [0.15, 0.2) is 0 Å². The van der Waals surface area contributed by atoms with Gasteiger partial charge in [-0.05, 0) is 42.5 Å². The summed E-state index contributed by atoms with van der Waals surface area (Å²) in [5, 5.41) is 7.88. The topological polar surface area (TPSA) is 94.8 Å². The molecule has 0 spiro atoms. The third-order valence-electron chi connectivity index (χ3n) is 5.20. The number of nitrogens with zero attached hydrogens (tertiary/aromatic N) is 5. The maximum Gasteiger partial charge on any atom is 0.267 e. The second-order valence-electron chi connectivity index (χ2n) is 7.21. The van der Waals surface area contributed by atoms with E-state index in [-0.39, 0.29) is 17.6 Å². The summed E-state index contributed by atoms with van der Waals surface area (Å²) in [4.78, 5) is 25.4. The third kappa shape index (κ3) is 3.38. The fraction of sp³-hybridized carbons (Fsp3) is 0.350. The molecule has 1 saturated heterocycles. The van der Waals surface area contributed by atoms with Crippen molar-refractivity contribution in [2.45, 2.75) is 30.8 Å². The van der Waals surface area contributed by atoms with E-state index in [2.05, 4.69) is 25.4 Å². The highest BCUT2D eigenvalue weighted by Gasteiger charge is 2.32. The summed E-state index contributed by atoms with van der Waals surface area (Å²) < 4.78 is 7.14. The zero-order valence-corrected chi connectivity index (χ0v) is 15.2. The molecule has 1 aliphatic carbocycles. The predicted molar refractivity (Wildman–Crippen MR) is 103 cm³/mol. The van der Waals surface area contributed by atoms with Crippen LogP contribution in [0.3, 0.4) is 0 Å².